The fourth-order valence-electron chi connectivity index (χ4n) is 4.50. The predicted molar refractivity (Wildman–Crippen MR) is 101 cm³/mol. The van der Waals surface area contributed by atoms with Gasteiger partial charge in [0.05, 0.1) is 12.7 Å². The molecule has 1 saturated heterocycles. The van der Waals surface area contributed by atoms with Gasteiger partial charge in [0.25, 0.3) is 0 Å². The molecule has 2 fully saturated rings. The number of nitrogens with zero attached hydrogens (tertiary/aromatic N) is 1. The van der Waals surface area contributed by atoms with Crippen molar-refractivity contribution in [3.63, 3.8) is 0 Å². The van der Waals surface area contributed by atoms with Crippen LogP contribution in [0.2, 0.25) is 0 Å². The van der Waals surface area contributed by atoms with Crippen molar-refractivity contribution in [2.75, 3.05) is 25.5 Å². The topological polar surface area (TPSA) is 65.0 Å². The Morgan fingerprint density at radius 3 is 2.23 bits per heavy atom. The van der Waals surface area contributed by atoms with Crippen molar-refractivity contribution in [1.82, 2.24) is 4.90 Å². The molecule has 2 aromatic rings. The first-order valence-electron chi connectivity index (χ1n) is 9.18. The number of aliphatic hydroxyl groups excluding tert-OH is 1. The molecule has 3 N–H and O–H groups in total. The molecule has 2 unspecified atom stereocenters. The molecule has 5 nitrogen and oxygen atoms in total. The number of likely N-dealkylation sites (tertiary alicyclic amines) is 1. The Bertz CT molecular complexity index is 721. The van der Waals surface area contributed by atoms with E-state index < -0.39 is 12.0 Å². The Morgan fingerprint density at radius 1 is 1.04 bits per heavy atom. The van der Waals surface area contributed by atoms with Gasteiger partial charge in [0, 0.05) is 18.8 Å². The molecule has 138 valence electrons. The fourth-order valence-corrected chi connectivity index (χ4v) is 4.50. The summed E-state index contributed by atoms with van der Waals surface area (Å²) in [5.74, 6) is 1.61. The van der Waals surface area contributed by atoms with E-state index in [-0.39, 0.29) is 0 Å². The van der Waals surface area contributed by atoms with E-state index in [0.29, 0.717) is 11.8 Å². The van der Waals surface area contributed by atoms with E-state index in [9.17, 15) is 10.2 Å². The number of anilines is 1. The molecular formula is C21H26N2O3. The smallest absolute Gasteiger partial charge is 0.184 e. The average molecular weight is 354 g/mol. The molecule has 0 amide bonds. The lowest BCUT2D eigenvalue weighted by Gasteiger charge is -2.29. The van der Waals surface area contributed by atoms with Gasteiger partial charge >= 0.3 is 0 Å². The lowest BCUT2D eigenvalue weighted by molar-refractivity contribution is 0.00747. The Kier molecular flexibility index (Phi) is 4.61. The lowest BCUT2D eigenvalue weighted by Crippen LogP contribution is -2.40. The molecule has 0 radical (unpaired) electrons. The first-order chi connectivity index (χ1) is 12.6. The van der Waals surface area contributed by atoms with E-state index >= 15 is 0 Å². The predicted octanol–water partition coefficient (Wildman–Crippen LogP) is 2.61. The molecule has 1 heterocycles. The van der Waals surface area contributed by atoms with Gasteiger partial charge in [-0.25, -0.2) is 0 Å². The SMILES string of the molecule is COc1ccc(NC(O)N2C[C@@H]3CC(O)(c4ccccc4)C[C@@H]3C2)cc1. The zero-order valence-corrected chi connectivity index (χ0v) is 15.0. The molecule has 5 heteroatoms. The Hall–Kier alpha value is -2.08. The van der Waals surface area contributed by atoms with Crippen LogP contribution in [0, 0.1) is 11.8 Å². The standard InChI is InChI=1S/C21H26N2O3/c1-26-19-9-7-18(8-10-19)22-20(24)23-13-15-11-21(25,12-16(15)14-23)17-5-3-2-4-6-17/h2-10,15-16,20,22,24-25H,11-14H2,1H3/t15-,16+,20?,21?. The van der Waals surface area contributed by atoms with E-state index in [2.05, 4.69) is 10.2 Å². The molecule has 1 aliphatic carbocycles. The second-order valence-electron chi connectivity index (χ2n) is 7.53. The average Bonchev–Trinajstić information content (AvgIpc) is 3.19. The highest BCUT2D eigenvalue weighted by molar-refractivity contribution is 5.46. The van der Waals surface area contributed by atoms with Gasteiger partial charge in [0.15, 0.2) is 6.35 Å². The van der Waals surface area contributed by atoms with Crippen LogP contribution < -0.4 is 10.1 Å². The number of methoxy groups -OCH3 is 1. The van der Waals surface area contributed by atoms with Crippen molar-refractivity contribution in [3.8, 4) is 5.75 Å². The summed E-state index contributed by atoms with van der Waals surface area (Å²) in [4.78, 5) is 2.06. The highest BCUT2D eigenvalue weighted by atomic mass is 16.5. The number of fused-ring (bicyclic) bond motifs is 1. The lowest BCUT2D eigenvalue weighted by atomic mass is 9.90. The highest BCUT2D eigenvalue weighted by Crippen LogP contribution is 2.49. The third kappa shape index (κ3) is 3.30. The van der Waals surface area contributed by atoms with Crippen LogP contribution >= 0.6 is 0 Å². The van der Waals surface area contributed by atoms with Crippen LogP contribution in [-0.2, 0) is 5.60 Å². The van der Waals surface area contributed by atoms with Crippen LogP contribution in [0.4, 0.5) is 5.69 Å². The van der Waals surface area contributed by atoms with Gasteiger partial charge in [0.2, 0.25) is 0 Å². The van der Waals surface area contributed by atoms with E-state index in [4.69, 9.17) is 4.74 Å². The largest absolute Gasteiger partial charge is 0.497 e. The van der Waals surface area contributed by atoms with Gasteiger partial charge in [-0.1, -0.05) is 30.3 Å². The summed E-state index contributed by atoms with van der Waals surface area (Å²) in [6, 6.07) is 17.5. The third-order valence-corrected chi connectivity index (χ3v) is 5.85. The zero-order valence-electron chi connectivity index (χ0n) is 15.0. The number of hydrogen-bond acceptors (Lipinski definition) is 5. The van der Waals surface area contributed by atoms with Crippen molar-refractivity contribution in [2.45, 2.75) is 24.8 Å². The van der Waals surface area contributed by atoms with Crippen LogP contribution in [0.15, 0.2) is 54.6 Å². The normalized spacial score (nSPS) is 29.3. The summed E-state index contributed by atoms with van der Waals surface area (Å²) in [6.07, 6.45) is 0.791. The molecule has 26 heavy (non-hydrogen) atoms. The first kappa shape index (κ1) is 17.3. The number of rotatable bonds is 5. The van der Waals surface area contributed by atoms with Crippen LogP contribution in [0.5, 0.6) is 5.75 Å². The minimum atomic E-state index is -0.725. The van der Waals surface area contributed by atoms with E-state index in [1.165, 1.54) is 0 Å². The van der Waals surface area contributed by atoms with Gasteiger partial charge in [0.1, 0.15) is 5.75 Å². The van der Waals surface area contributed by atoms with Crippen molar-refractivity contribution in [2.24, 2.45) is 11.8 Å². The fraction of sp³-hybridized carbons (Fsp3) is 0.429. The molecular weight excluding hydrogens is 328 g/mol. The molecule has 0 bridgehead atoms. The van der Waals surface area contributed by atoms with Gasteiger partial charge < -0.3 is 20.3 Å². The number of hydrogen-bond donors (Lipinski definition) is 3. The molecule has 0 spiro atoms. The summed E-state index contributed by atoms with van der Waals surface area (Å²) in [5.41, 5.74) is 1.14. The first-order valence-corrected chi connectivity index (χ1v) is 9.18. The van der Waals surface area contributed by atoms with Gasteiger partial charge in [-0.15, -0.1) is 0 Å². The number of ether oxygens (including phenoxy) is 1. The number of benzene rings is 2. The van der Waals surface area contributed by atoms with Gasteiger partial charge in [-0.05, 0) is 54.5 Å². The summed E-state index contributed by atoms with van der Waals surface area (Å²) in [7, 11) is 1.64. The van der Waals surface area contributed by atoms with Crippen molar-refractivity contribution >= 4 is 5.69 Å². The monoisotopic (exact) mass is 354 g/mol. The molecule has 2 aliphatic rings. The summed E-state index contributed by atoms with van der Waals surface area (Å²) in [5, 5.41) is 24.8. The minimum absolute atomic E-state index is 0.410. The van der Waals surface area contributed by atoms with Crippen molar-refractivity contribution < 1.29 is 14.9 Å². The van der Waals surface area contributed by atoms with Gasteiger partial charge in [-0.3, -0.25) is 4.90 Å². The Morgan fingerprint density at radius 2 is 1.65 bits per heavy atom. The number of nitrogens with one attached hydrogen (secondary N) is 1. The van der Waals surface area contributed by atoms with Crippen LogP contribution in [0.3, 0.4) is 0 Å². The third-order valence-electron chi connectivity index (χ3n) is 5.85. The summed E-state index contributed by atoms with van der Waals surface area (Å²) >= 11 is 0. The quantitative estimate of drug-likeness (QED) is 0.721. The molecule has 4 rings (SSSR count). The van der Waals surface area contributed by atoms with E-state index in [0.717, 1.165) is 42.9 Å². The second kappa shape index (κ2) is 6.91. The zero-order chi connectivity index (χ0) is 18.1. The molecule has 4 atom stereocenters. The molecule has 2 aromatic carbocycles. The van der Waals surface area contributed by atoms with E-state index in [1.54, 1.807) is 7.11 Å². The summed E-state index contributed by atoms with van der Waals surface area (Å²) < 4.78 is 5.16. The maximum atomic E-state index is 11.1. The maximum absolute atomic E-state index is 11.1. The highest BCUT2D eigenvalue weighted by Gasteiger charge is 2.49. The van der Waals surface area contributed by atoms with Crippen LogP contribution in [0.1, 0.15) is 18.4 Å². The molecule has 1 saturated carbocycles. The van der Waals surface area contributed by atoms with Crippen LogP contribution in [-0.4, -0.2) is 41.7 Å². The van der Waals surface area contributed by atoms with E-state index in [1.807, 2.05) is 54.6 Å². The Balaban J connectivity index is 1.36. The molecule has 0 aromatic heterocycles. The second-order valence-corrected chi connectivity index (χ2v) is 7.53. The van der Waals surface area contributed by atoms with Gasteiger partial charge in [-0.2, -0.15) is 0 Å². The van der Waals surface area contributed by atoms with Crippen molar-refractivity contribution in [3.05, 3.63) is 60.2 Å². The maximum Gasteiger partial charge on any atom is 0.184 e. The van der Waals surface area contributed by atoms with Crippen LogP contribution in [0.25, 0.3) is 0 Å². The minimum Gasteiger partial charge on any atom is -0.497 e. The van der Waals surface area contributed by atoms with Crippen molar-refractivity contribution in [1.29, 1.82) is 0 Å². The number of aliphatic hydroxyl groups is 2. The Labute approximate surface area is 154 Å². The summed E-state index contributed by atoms with van der Waals surface area (Å²) in [6.45, 7) is 1.59. The molecule has 1 aliphatic heterocycles.